The number of fused-ring (bicyclic) bond motifs is 1. The van der Waals surface area contributed by atoms with Crippen molar-refractivity contribution < 1.29 is 9.00 Å². The van der Waals surface area contributed by atoms with Crippen LogP contribution in [0.25, 0.3) is 11.1 Å². The van der Waals surface area contributed by atoms with E-state index in [-0.39, 0.29) is 11.8 Å². The Morgan fingerprint density at radius 3 is 2.38 bits per heavy atom. The summed E-state index contributed by atoms with van der Waals surface area (Å²) < 4.78 is 14.9. The average molecular weight is 317 g/mol. The summed E-state index contributed by atoms with van der Waals surface area (Å²) in [5.74, 6) is -0.176. The van der Waals surface area contributed by atoms with E-state index in [4.69, 9.17) is 11.2 Å². The second-order valence-corrected chi connectivity index (χ2v) is 8.45. The molecule has 0 saturated heterocycles. The van der Waals surface area contributed by atoms with Crippen LogP contribution in [0.15, 0.2) is 47.4 Å². The summed E-state index contributed by atoms with van der Waals surface area (Å²) in [5.41, 5.74) is 3.34. The lowest BCUT2D eigenvalue weighted by Gasteiger charge is -2.13. The molecule has 1 heterocycles. The molecule has 1 unspecified atom stereocenters. The molecule has 0 fully saturated rings. The molecule has 21 heavy (non-hydrogen) atoms. The Balaban J connectivity index is 2.33. The number of hydrogen-bond donors (Lipinski definition) is 1. The van der Waals surface area contributed by atoms with Gasteiger partial charge in [-0.25, -0.2) is 4.21 Å². The molecule has 0 bridgehead atoms. The molecule has 1 N–H and O–H groups in total. The molecular weight excluding hydrogens is 302 g/mol. The van der Waals surface area contributed by atoms with Crippen LogP contribution in [-0.4, -0.2) is 10.1 Å². The molecule has 3 nitrogen and oxygen atoms in total. The van der Waals surface area contributed by atoms with Crippen LogP contribution in [0.2, 0.25) is 0 Å². The zero-order chi connectivity index (χ0) is 15.2. The minimum atomic E-state index is -2.91. The first kappa shape index (κ1) is 14.2. The Hall–Kier alpha value is -1.72. The van der Waals surface area contributed by atoms with E-state index < -0.39 is 8.68 Å². The molecule has 1 amide bonds. The van der Waals surface area contributed by atoms with Crippen LogP contribution in [0.3, 0.4) is 0 Å². The highest BCUT2D eigenvalue weighted by Crippen LogP contribution is 2.35. The van der Waals surface area contributed by atoms with Gasteiger partial charge in [0.05, 0.1) is 10.5 Å². The van der Waals surface area contributed by atoms with E-state index in [1.54, 1.807) is 6.07 Å². The lowest BCUT2D eigenvalue weighted by atomic mass is 9.92. The van der Waals surface area contributed by atoms with E-state index in [1.807, 2.05) is 50.2 Å². The van der Waals surface area contributed by atoms with E-state index in [0.29, 0.717) is 10.5 Å². The summed E-state index contributed by atoms with van der Waals surface area (Å²) in [6.07, 6.45) is 0. The third-order valence-electron chi connectivity index (χ3n) is 3.61. The molecule has 108 valence electrons. The predicted octanol–water partition coefficient (Wildman–Crippen LogP) is 3.24. The van der Waals surface area contributed by atoms with Crippen LogP contribution in [0.5, 0.6) is 0 Å². The molecule has 1 aliphatic rings. The lowest BCUT2D eigenvalue weighted by molar-refractivity contribution is 0.0984. The Kier molecular flexibility index (Phi) is 3.34. The molecule has 0 aliphatic carbocycles. The number of benzene rings is 2. The topological polar surface area (TPSA) is 46.2 Å². The smallest absolute Gasteiger partial charge is 0.264 e. The van der Waals surface area contributed by atoms with Crippen molar-refractivity contribution in [3.8, 4) is 11.1 Å². The molecule has 0 aromatic heterocycles. The maximum Gasteiger partial charge on any atom is 0.264 e. The van der Waals surface area contributed by atoms with E-state index in [2.05, 4.69) is 4.72 Å². The Labute approximate surface area is 129 Å². The largest absolute Gasteiger partial charge is 0.268 e. The van der Waals surface area contributed by atoms with Crippen LogP contribution in [0, 0.1) is 0 Å². The fourth-order valence-corrected chi connectivity index (χ4v) is 4.41. The number of carbonyl (C=O) groups is 1. The maximum absolute atomic E-state index is 12.5. The first-order valence-electron chi connectivity index (χ1n) is 6.70. The maximum atomic E-state index is 12.5. The van der Waals surface area contributed by atoms with E-state index in [0.717, 1.165) is 16.7 Å². The highest BCUT2D eigenvalue weighted by Gasteiger charge is 2.33. The minimum absolute atomic E-state index is 0.150. The zero-order valence-corrected chi connectivity index (χ0v) is 13.4. The van der Waals surface area contributed by atoms with Gasteiger partial charge < -0.3 is 0 Å². The molecule has 5 heteroatoms. The van der Waals surface area contributed by atoms with Crippen molar-refractivity contribution in [2.24, 2.45) is 0 Å². The van der Waals surface area contributed by atoms with Gasteiger partial charge in [-0.3, -0.25) is 9.52 Å². The van der Waals surface area contributed by atoms with Crippen molar-refractivity contribution in [3.05, 3.63) is 53.6 Å². The van der Waals surface area contributed by atoms with Gasteiger partial charge >= 0.3 is 0 Å². The summed E-state index contributed by atoms with van der Waals surface area (Å²) in [7, 11) is -2.91. The van der Waals surface area contributed by atoms with Crippen molar-refractivity contribution in [2.75, 3.05) is 0 Å². The Bertz CT molecular complexity index is 825. The monoisotopic (exact) mass is 317 g/mol. The average Bonchev–Trinajstić information content (AvgIpc) is 2.69. The summed E-state index contributed by atoms with van der Waals surface area (Å²) in [6.45, 7) is 4.03. The normalized spacial score (nSPS) is 20.4. The van der Waals surface area contributed by atoms with E-state index >= 15 is 0 Å². The van der Waals surface area contributed by atoms with Gasteiger partial charge in [0.2, 0.25) is 0 Å². The Morgan fingerprint density at radius 2 is 1.76 bits per heavy atom. The summed E-state index contributed by atoms with van der Waals surface area (Å²) in [4.78, 5) is 12.5. The SMILES string of the molecule is CC(C)c1cc(-c2ccccc2)cc2c1C(=O)NS2(=O)=S. The quantitative estimate of drug-likeness (QED) is 0.925. The molecule has 0 radical (unpaired) electrons. The lowest BCUT2D eigenvalue weighted by Crippen LogP contribution is -2.20. The van der Waals surface area contributed by atoms with Crippen LogP contribution in [0.1, 0.15) is 35.7 Å². The molecule has 2 aromatic rings. The van der Waals surface area contributed by atoms with Crippen molar-refractivity contribution >= 4 is 25.8 Å². The van der Waals surface area contributed by atoms with Crippen molar-refractivity contribution in [2.45, 2.75) is 24.7 Å². The van der Waals surface area contributed by atoms with Gasteiger partial charge in [0.1, 0.15) is 8.68 Å². The minimum Gasteiger partial charge on any atom is -0.268 e. The third kappa shape index (κ3) is 2.36. The summed E-state index contributed by atoms with van der Waals surface area (Å²) >= 11 is 5.09. The third-order valence-corrected chi connectivity index (χ3v) is 5.75. The van der Waals surface area contributed by atoms with Gasteiger partial charge in [0.25, 0.3) is 5.91 Å². The van der Waals surface area contributed by atoms with Gasteiger partial charge in [-0.1, -0.05) is 50.2 Å². The molecular formula is C16H15NO2S2. The zero-order valence-electron chi connectivity index (χ0n) is 11.8. The van der Waals surface area contributed by atoms with Gasteiger partial charge in [-0.15, -0.1) is 0 Å². The van der Waals surface area contributed by atoms with Crippen molar-refractivity contribution in [3.63, 3.8) is 0 Å². The first-order valence-corrected chi connectivity index (χ1v) is 9.19. The first-order chi connectivity index (χ1) is 9.90. The van der Waals surface area contributed by atoms with Gasteiger partial charge in [0.15, 0.2) is 0 Å². The fourth-order valence-electron chi connectivity index (χ4n) is 2.57. The molecule has 2 aromatic carbocycles. The number of amides is 1. The van der Waals surface area contributed by atoms with Crippen LogP contribution < -0.4 is 4.72 Å². The molecule has 0 saturated carbocycles. The standard InChI is InChI=1S/C16H15NO2S2/c1-10(2)13-8-12(11-6-4-3-5-7-11)9-14-15(13)16(18)17-21(14,19)20/h3-10H,1-2H3,(H,17,18). The number of nitrogens with one attached hydrogen (secondary N) is 1. The number of hydrogen-bond acceptors (Lipinski definition) is 3. The summed E-state index contributed by atoms with van der Waals surface area (Å²) in [5, 5.41) is 0. The van der Waals surface area contributed by atoms with Crippen molar-refractivity contribution in [1.29, 1.82) is 0 Å². The molecule has 1 atom stereocenters. The van der Waals surface area contributed by atoms with Crippen LogP contribution in [-0.2, 0) is 19.9 Å². The summed E-state index contributed by atoms with van der Waals surface area (Å²) in [6, 6.07) is 13.6. The van der Waals surface area contributed by atoms with Crippen molar-refractivity contribution in [1.82, 2.24) is 4.72 Å². The predicted molar refractivity (Wildman–Crippen MR) is 87.2 cm³/mol. The van der Waals surface area contributed by atoms with Crippen LogP contribution >= 0.6 is 0 Å². The molecule has 1 aliphatic heterocycles. The second-order valence-electron chi connectivity index (χ2n) is 5.39. The molecule has 0 spiro atoms. The highest BCUT2D eigenvalue weighted by atomic mass is 32.8. The Morgan fingerprint density at radius 1 is 1.10 bits per heavy atom. The van der Waals surface area contributed by atoms with Gasteiger partial charge in [0, 0.05) is 11.2 Å². The molecule has 3 rings (SSSR count). The van der Waals surface area contributed by atoms with E-state index in [9.17, 15) is 9.00 Å². The highest BCUT2D eigenvalue weighted by molar-refractivity contribution is 8.32. The number of carbonyl (C=O) groups excluding carboxylic acids is 1. The number of rotatable bonds is 2. The van der Waals surface area contributed by atoms with E-state index in [1.165, 1.54) is 0 Å². The van der Waals surface area contributed by atoms with Gasteiger partial charge in [-0.2, -0.15) is 0 Å². The van der Waals surface area contributed by atoms with Crippen LogP contribution in [0.4, 0.5) is 0 Å². The van der Waals surface area contributed by atoms with Gasteiger partial charge in [-0.05, 0) is 28.7 Å². The fraction of sp³-hybridized carbons (Fsp3) is 0.188. The second kappa shape index (κ2) is 4.93.